The zero-order chi connectivity index (χ0) is 23.4. The molecule has 166 valence electrons. The quantitative estimate of drug-likeness (QED) is 0.218. The van der Waals surface area contributed by atoms with Gasteiger partial charge in [-0.2, -0.15) is 0 Å². The highest BCUT2D eigenvalue weighted by Crippen LogP contribution is 2.33. The predicted octanol–water partition coefficient (Wildman–Crippen LogP) is 4.93. The molecule has 0 fully saturated rings. The number of benzene rings is 3. The van der Waals surface area contributed by atoms with E-state index in [0.29, 0.717) is 16.5 Å². The molecule has 11 heteroatoms. The number of phenols is 1. The number of carbonyl (C=O) groups is 1. The van der Waals surface area contributed by atoms with E-state index in [-0.39, 0.29) is 27.9 Å². The van der Waals surface area contributed by atoms with Crippen LogP contribution in [0.3, 0.4) is 0 Å². The van der Waals surface area contributed by atoms with Gasteiger partial charge < -0.3 is 10.4 Å². The first-order valence-electron chi connectivity index (χ1n) is 9.60. The summed E-state index contributed by atoms with van der Waals surface area (Å²) in [4.78, 5) is 23.0. The summed E-state index contributed by atoms with van der Waals surface area (Å²) in [6.07, 6.45) is 0. The fraction of sp³-hybridized carbons (Fsp3) is 0.0455. The number of aromatic hydroxyl groups is 1. The molecule has 1 heterocycles. The van der Waals surface area contributed by atoms with E-state index in [0.717, 1.165) is 17.4 Å². The SMILES string of the molecule is O=C(CSc1nnc(-c2ccccc2O)n1-c1ccccc1)Nc1cc([N+](=O)[O-])ccc1Cl. The van der Waals surface area contributed by atoms with Gasteiger partial charge in [-0.3, -0.25) is 19.5 Å². The molecule has 4 aromatic rings. The number of aromatic nitrogens is 3. The Morgan fingerprint density at radius 2 is 1.82 bits per heavy atom. The molecule has 0 saturated carbocycles. The Kier molecular flexibility index (Phi) is 6.57. The molecule has 3 aromatic carbocycles. The standard InChI is InChI=1S/C22H16ClN5O4S/c23-17-11-10-15(28(31)32)12-18(17)24-20(30)13-33-22-26-25-21(16-8-4-5-9-19(16)29)27(22)14-6-2-1-3-7-14/h1-12,29H,13H2,(H,24,30). The van der Waals surface area contributed by atoms with Crippen molar-refractivity contribution in [1.82, 2.24) is 14.8 Å². The smallest absolute Gasteiger partial charge is 0.271 e. The minimum Gasteiger partial charge on any atom is -0.507 e. The van der Waals surface area contributed by atoms with Gasteiger partial charge in [-0.25, -0.2) is 0 Å². The van der Waals surface area contributed by atoms with Gasteiger partial charge >= 0.3 is 0 Å². The molecule has 4 rings (SSSR count). The minimum absolute atomic E-state index is 0.0508. The van der Waals surface area contributed by atoms with Crippen molar-refractivity contribution in [1.29, 1.82) is 0 Å². The summed E-state index contributed by atoms with van der Waals surface area (Å²) in [6.45, 7) is 0. The third kappa shape index (κ3) is 4.97. The second-order valence-electron chi connectivity index (χ2n) is 6.75. The van der Waals surface area contributed by atoms with Crippen molar-refractivity contribution in [3.05, 3.63) is 87.9 Å². The van der Waals surface area contributed by atoms with Crippen LogP contribution in [-0.4, -0.2) is 36.5 Å². The molecule has 2 N–H and O–H groups in total. The van der Waals surface area contributed by atoms with E-state index in [1.807, 2.05) is 30.3 Å². The highest BCUT2D eigenvalue weighted by molar-refractivity contribution is 7.99. The minimum atomic E-state index is -0.566. The highest BCUT2D eigenvalue weighted by Gasteiger charge is 2.20. The molecule has 33 heavy (non-hydrogen) atoms. The number of para-hydroxylation sites is 2. The van der Waals surface area contributed by atoms with Crippen molar-refractivity contribution >= 4 is 40.6 Å². The lowest BCUT2D eigenvalue weighted by Gasteiger charge is -2.11. The number of rotatable bonds is 7. The monoisotopic (exact) mass is 481 g/mol. The van der Waals surface area contributed by atoms with Crippen molar-refractivity contribution in [2.24, 2.45) is 0 Å². The number of halogens is 1. The van der Waals surface area contributed by atoms with Crippen LogP contribution in [0.2, 0.25) is 5.02 Å². The van der Waals surface area contributed by atoms with E-state index >= 15 is 0 Å². The van der Waals surface area contributed by atoms with Crippen LogP contribution in [0.25, 0.3) is 17.1 Å². The molecule has 0 atom stereocenters. The van der Waals surface area contributed by atoms with E-state index < -0.39 is 10.8 Å². The Hall–Kier alpha value is -3.89. The van der Waals surface area contributed by atoms with Crippen LogP contribution in [0, 0.1) is 10.1 Å². The van der Waals surface area contributed by atoms with Crippen LogP contribution in [0.1, 0.15) is 0 Å². The Bertz CT molecular complexity index is 1330. The summed E-state index contributed by atoms with van der Waals surface area (Å²) in [5, 5.41) is 32.9. The van der Waals surface area contributed by atoms with Gasteiger partial charge in [0, 0.05) is 17.8 Å². The summed E-state index contributed by atoms with van der Waals surface area (Å²) in [5.74, 6) is -0.000146. The molecular weight excluding hydrogens is 466 g/mol. The van der Waals surface area contributed by atoms with Crippen LogP contribution < -0.4 is 5.32 Å². The Morgan fingerprint density at radius 3 is 2.55 bits per heavy atom. The number of carbonyl (C=O) groups excluding carboxylic acids is 1. The summed E-state index contributed by atoms with van der Waals surface area (Å²) >= 11 is 7.18. The number of non-ortho nitro benzene ring substituents is 1. The third-order valence-electron chi connectivity index (χ3n) is 4.56. The van der Waals surface area contributed by atoms with E-state index in [1.165, 1.54) is 18.2 Å². The number of amides is 1. The van der Waals surface area contributed by atoms with Crippen molar-refractivity contribution in [2.45, 2.75) is 5.16 Å². The van der Waals surface area contributed by atoms with Crippen LogP contribution in [-0.2, 0) is 4.79 Å². The lowest BCUT2D eigenvalue weighted by molar-refractivity contribution is -0.384. The Labute approximate surface area is 197 Å². The second-order valence-corrected chi connectivity index (χ2v) is 8.10. The van der Waals surface area contributed by atoms with Gasteiger partial charge in [-0.05, 0) is 30.3 Å². The topological polar surface area (TPSA) is 123 Å². The zero-order valence-corrected chi connectivity index (χ0v) is 18.5. The van der Waals surface area contributed by atoms with Crippen molar-refractivity contribution in [2.75, 3.05) is 11.1 Å². The number of nitro groups is 1. The highest BCUT2D eigenvalue weighted by atomic mass is 35.5. The van der Waals surface area contributed by atoms with Gasteiger partial charge in [-0.15, -0.1) is 10.2 Å². The van der Waals surface area contributed by atoms with Gasteiger partial charge in [0.15, 0.2) is 11.0 Å². The molecule has 0 unspecified atom stereocenters. The van der Waals surface area contributed by atoms with E-state index in [2.05, 4.69) is 15.5 Å². The fourth-order valence-electron chi connectivity index (χ4n) is 3.05. The van der Waals surface area contributed by atoms with Crippen LogP contribution in [0.15, 0.2) is 78.0 Å². The molecule has 0 aliphatic carbocycles. The summed E-state index contributed by atoms with van der Waals surface area (Å²) in [5.41, 5.74) is 1.22. The van der Waals surface area contributed by atoms with Crippen LogP contribution >= 0.6 is 23.4 Å². The van der Waals surface area contributed by atoms with Crippen molar-refractivity contribution in [3.63, 3.8) is 0 Å². The number of hydrogen-bond acceptors (Lipinski definition) is 7. The fourth-order valence-corrected chi connectivity index (χ4v) is 3.97. The number of nitro benzene ring substituents is 1. The van der Waals surface area contributed by atoms with Gasteiger partial charge in [0.05, 0.1) is 26.9 Å². The summed E-state index contributed by atoms with van der Waals surface area (Å²) in [7, 11) is 0. The van der Waals surface area contributed by atoms with Crippen molar-refractivity contribution < 1.29 is 14.8 Å². The van der Waals surface area contributed by atoms with Crippen LogP contribution in [0.5, 0.6) is 5.75 Å². The third-order valence-corrected chi connectivity index (χ3v) is 5.82. The van der Waals surface area contributed by atoms with E-state index in [4.69, 9.17) is 11.6 Å². The first-order chi connectivity index (χ1) is 15.9. The van der Waals surface area contributed by atoms with Gasteiger partial charge in [0.25, 0.3) is 5.69 Å². The molecular formula is C22H16ClN5O4S. The van der Waals surface area contributed by atoms with Gasteiger partial charge in [0.1, 0.15) is 5.75 Å². The average Bonchev–Trinajstić information content (AvgIpc) is 3.23. The number of hydrogen-bond donors (Lipinski definition) is 2. The first kappa shape index (κ1) is 22.3. The van der Waals surface area contributed by atoms with E-state index in [9.17, 15) is 20.0 Å². The number of phenolic OH excluding ortho intramolecular Hbond substituents is 1. The number of thioether (sulfide) groups is 1. The Balaban J connectivity index is 1.59. The Morgan fingerprint density at radius 1 is 1.09 bits per heavy atom. The second kappa shape index (κ2) is 9.72. The molecule has 0 aliphatic rings. The van der Waals surface area contributed by atoms with Gasteiger partial charge in [-0.1, -0.05) is 53.7 Å². The maximum atomic E-state index is 12.5. The lowest BCUT2D eigenvalue weighted by atomic mass is 10.2. The van der Waals surface area contributed by atoms with Crippen molar-refractivity contribution in [3.8, 4) is 22.8 Å². The molecule has 0 bridgehead atoms. The zero-order valence-electron chi connectivity index (χ0n) is 16.9. The molecule has 9 nitrogen and oxygen atoms in total. The number of anilines is 1. The summed E-state index contributed by atoms with van der Waals surface area (Å²) in [6, 6.07) is 19.9. The molecule has 0 radical (unpaired) electrons. The summed E-state index contributed by atoms with van der Waals surface area (Å²) < 4.78 is 1.74. The molecule has 0 saturated heterocycles. The largest absolute Gasteiger partial charge is 0.507 e. The van der Waals surface area contributed by atoms with Crippen LogP contribution in [0.4, 0.5) is 11.4 Å². The molecule has 0 aliphatic heterocycles. The molecule has 1 amide bonds. The van der Waals surface area contributed by atoms with E-state index in [1.54, 1.807) is 28.8 Å². The van der Waals surface area contributed by atoms with Gasteiger partial charge in [0.2, 0.25) is 5.91 Å². The molecule has 1 aromatic heterocycles. The maximum Gasteiger partial charge on any atom is 0.271 e. The number of nitrogens with one attached hydrogen (secondary N) is 1. The first-order valence-corrected chi connectivity index (χ1v) is 11.0. The predicted molar refractivity (Wildman–Crippen MR) is 126 cm³/mol. The normalized spacial score (nSPS) is 10.7. The maximum absolute atomic E-state index is 12.5. The lowest BCUT2D eigenvalue weighted by Crippen LogP contribution is -2.15. The average molecular weight is 482 g/mol. The molecule has 0 spiro atoms. The number of nitrogens with zero attached hydrogens (tertiary/aromatic N) is 4.